The van der Waals surface area contributed by atoms with E-state index < -0.39 is 148 Å². The molecule has 0 aliphatic carbocycles. The molecule has 262 valence electrons. The van der Waals surface area contributed by atoms with Gasteiger partial charge in [-0.05, 0) is 0 Å². The Kier molecular flexibility index (Phi) is 12.2. The fraction of sp³-hybridized carbons (Fsp3) is 0.917. The van der Waals surface area contributed by atoms with E-state index in [0.29, 0.717) is 0 Å². The lowest BCUT2D eigenvalue weighted by molar-refractivity contribution is -0.375. The summed E-state index contributed by atoms with van der Waals surface area (Å²) in [6.07, 6.45) is -26.2. The molecule has 0 bridgehead atoms. The second kappa shape index (κ2) is 14.6. The van der Waals surface area contributed by atoms with Crippen molar-refractivity contribution in [2.24, 2.45) is 0 Å². The second-order valence-corrected chi connectivity index (χ2v) is 11.2. The molecule has 3 saturated heterocycles. The van der Waals surface area contributed by atoms with Gasteiger partial charge in [0.05, 0.1) is 44.7 Å². The second-order valence-electron chi connectivity index (χ2n) is 11.2. The monoisotopic (exact) mass is 664 g/mol. The molecule has 0 aromatic carbocycles. The third-order valence-electron chi connectivity index (χ3n) is 7.94. The van der Waals surface area contributed by atoms with Crippen LogP contribution in [0, 0.1) is 0 Å². The van der Waals surface area contributed by atoms with E-state index in [9.17, 15) is 81.1 Å². The molecule has 21 nitrogen and oxygen atoms in total. The van der Waals surface area contributed by atoms with Crippen molar-refractivity contribution in [2.45, 2.75) is 110 Å². The molecular weight excluding hydrogens is 624 g/mol. The van der Waals surface area contributed by atoms with Gasteiger partial charge in [-0.2, -0.15) is 0 Å². The van der Waals surface area contributed by atoms with Crippen LogP contribution in [0.15, 0.2) is 0 Å². The molecule has 21 heteroatoms. The molecule has 15 atom stereocenters. The normalized spacial score (nSPS) is 44.6. The summed E-state index contributed by atoms with van der Waals surface area (Å²) in [6.45, 7) is -4.08. The number of carboxylic acid groups (broad SMARTS) is 2. The predicted molar refractivity (Wildman–Crippen MR) is 134 cm³/mol. The standard InChI is InChI=1S/C24H40O21/c25-4-10(30)17-14(33)8(28)1-22(7-27,43-17)41-6-12(32)19-15(34)9(29)2-24(45-19,21(38)39)42-13-3-23(40,20(36)37)44-18(16(13)35)11(31)5-26/h8-19,25-35,40H,1-7H2,(H,36,37)(H,38,39)/t8-,9-,10-,11-,12-,13-,14-,15-,16-,17-,18-,19-,22-,23-,24-/m1/s1. The minimum absolute atomic E-state index is 0.639. The number of aliphatic carboxylic acids is 2. The van der Waals surface area contributed by atoms with Crippen LogP contribution < -0.4 is 0 Å². The van der Waals surface area contributed by atoms with E-state index in [2.05, 4.69) is 0 Å². The number of rotatable bonds is 13. The maximum atomic E-state index is 12.5. The Labute approximate surface area is 253 Å². The lowest BCUT2D eigenvalue weighted by atomic mass is 9.90. The van der Waals surface area contributed by atoms with E-state index in [1.165, 1.54) is 0 Å². The summed E-state index contributed by atoms with van der Waals surface area (Å²) in [5.74, 6) is -12.5. The maximum absolute atomic E-state index is 12.5. The van der Waals surface area contributed by atoms with Crippen LogP contribution in [0.5, 0.6) is 0 Å². The molecule has 0 saturated carbocycles. The molecule has 3 heterocycles. The molecule has 0 spiro atoms. The zero-order valence-electron chi connectivity index (χ0n) is 23.5. The molecule has 0 radical (unpaired) electrons. The van der Waals surface area contributed by atoms with Gasteiger partial charge >= 0.3 is 11.9 Å². The van der Waals surface area contributed by atoms with Gasteiger partial charge in [-0.25, -0.2) is 9.59 Å². The molecule has 3 fully saturated rings. The van der Waals surface area contributed by atoms with Gasteiger partial charge < -0.3 is 95.2 Å². The van der Waals surface area contributed by atoms with E-state index in [1.807, 2.05) is 0 Å². The first-order chi connectivity index (χ1) is 20.9. The minimum Gasteiger partial charge on any atom is -0.477 e. The number of carbonyl (C=O) groups is 2. The van der Waals surface area contributed by atoms with Crippen molar-refractivity contribution in [1.82, 2.24) is 0 Å². The lowest BCUT2D eigenvalue weighted by Crippen LogP contribution is -2.67. The van der Waals surface area contributed by atoms with Crippen LogP contribution >= 0.6 is 0 Å². The fourth-order valence-corrected chi connectivity index (χ4v) is 5.38. The Morgan fingerprint density at radius 1 is 0.711 bits per heavy atom. The smallest absolute Gasteiger partial charge is 0.364 e. The molecule has 0 aromatic heterocycles. The molecule has 45 heavy (non-hydrogen) atoms. The first-order valence-corrected chi connectivity index (χ1v) is 13.7. The number of ether oxygens (including phenoxy) is 5. The van der Waals surface area contributed by atoms with Crippen LogP contribution in [0.25, 0.3) is 0 Å². The average Bonchev–Trinajstić information content (AvgIpc) is 2.99. The molecule has 3 aliphatic heterocycles. The van der Waals surface area contributed by atoms with Crippen LogP contribution in [0.2, 0.25) is 0 Å². The van der Waals surface area contributed by atoms with Gasteiger partial charge in [-0.1, -0.05) is 0 Å². The summed E-state index contributed by atoms with van der Waals surface area (Å²) in [5, 5.41) is 141. The summed E-state index contributed by atoms with van der Waals surface area (Å²) < 4.78 is 26.4. The van der Waals surface area contributed by atoms with Gasteiger partial charge in [0.15, 0.2) is 5.79 Å². The number of aliphatic hydroxyl groups excluding tert-OH is 11. The Hall–Kier alpha value is -1.74. The molecule has 14 N–H and O–H groups in total. The van der Waals surface area contributed by atoms with Crippen molar-refractivity contribution in [3.05, 3.63) is 0 Å². The Balaban J connectivity index is 1.85. The van der Waals surface area contributed by atoms with E-state index in [4.69, 9.17) is 23.7 Å². The molecule has 0 unspecified atom stereocenters. The van der Waals surface area contributed by atoms with Gasteiger partial charge in [0.1, 0.15) is 54.9 Å². The summed E-state index contributed by atoms with van der Waals surface area (Å²) in [4.78, 5) is 24.1. The highest BCUT2D eigenvalue weighted by atomic mass is 16.8. The maximum Gasteiger partial charge on any atom is 0.364 e. The SMILES string of the molecule is O=C(O)[C@@]1(O[C@@H]2C[C@](O)(C(=O)O)O[C@H]([C@H](O)CO)[C@@H]2O)C[C@@H](O)[C@@H](O)[C@@H]([C@H](O)CO[C@]2(CO)C[C@@H](O)[C@@H](O)[C@@H]([C@H](O)CO)O2)O1. The molecular formula is C24H40O21. The summed E-state index contributed by atoms with van der Waals surface area (Å²) in [7, 11) is 0. The van der Waals surface area contributed by atoms with Crippen LogP contribution in [-0.2, 0) is 33.3 Å². The van der Waals surface area contributed by atoms with Gasteiger partial charge in [-0.15, -0.1) is 0 Å². The Morgan fingerprint density at radius 2 is 1.22 bits per heavy atom. The highest BCUT2D eigenvalue weighted by Gasteiger charge is 2.60. The van der Waals surface area contributed by atoms with Crippen molar-refractivity contribution >= 4 is 11.9 Å². The van der Waals surface area contributed by atoms with Gasteiger partial charge in [0.2, 0.25) is 0 Å². The summed E-state index contributed by atoms with van der Waals surface area (Å²) in [5.41, 5.74) is 0. The highest BCUT2D eigenvalue weighted by Crippen LogP contribution is 2.39. The highest BCUT2D eigenvalue weighted by molar-refractivity contribution is 5.76. The van der Waals surface area contributed by atoms with Crippen LogP contribution in [-0.4, -0.2) is 200 Å². The van der Waals surface area contributed by atoms with E-state index in [0.717, 1.165) is 0 Å². The van der Waals surface area contributed by atoms with Crippen molar-refractivity contribution < 1.29 is 105 Å². The van der Waals surface area contributed by atoms with Gasteiger partial charge in [0.25, 0.3) is 11.6 Å². The van der Waals surface area contributed by atoms with Gasteiger partial charge in [0, 0.05) is 19.3 Å². The summed E-state index contributed by atoms with van der Waals surface area (Å²) in [6, 6.07) is 0. The van der Waals surface area contributed by atoms with E-state index in [-0.39, 0.29) is 0 Å². The molecule has 0 aromatic rings. The molecule has 3 aliphatic rings. The van der Waals surface area contributed by atoms with Gasteiger partial charge in [-0.3, -0.25) is 0 Å². The third-order valence-corrected chi connectivity index (χ3v) is 7.94. The first kappa shape index (κ1) is 37.7. The van der Waals surface area contributed by atoms with Crippen LogP contribution in [0.3, 0.4) is 0 Å². The average molecular weight is 665 g/mol. The van der Waals surface area contributed by atoms with Crippen molar-refractivity contribution in [1.29, 1.82) is 0 Å². The quantitative estimate of drug-likeness (QED) is 0.0868. The fourth-order valence-electron chi connectivity index (χ4n) is 5.38. The zero-order valence-corrected chi connectivity index (χ0v) is 23.5. The predicted octanol–water partition coefficient (Wildman–Crippen LogP) is -8.13. The first-order valence-electron chi connectivity index (χ1n) is 13.7. The molecule has 0 amide bonds. The van der Waals surface area contributed by atoms with Crippen LogP contribution in [0.1, 0.15) is 19.3 Å². The minimum atomic E-state index is -3.18. The lowest BCUT2D eigenvalue weighted by Gasteiger charge is -2.49. The molecule has 3 rings (SSSR count). The van der Waals surface area contributed by atoms with E-state index in [1.54, 1.807) is 0 Å². The number of aliphatic hydroxyl groups is 12. The van der Waals surface area contributed by atoms with Crippen molar-refractivity contribution in [2.75, 3.05) is 26.4 Å². The Morgan fingerprint density at radius 3 is 1.71 bits per heavy atom. The van der Waals surface area contributed by atoms with Crippen molar-refractivity contribution in [3.63, 3.8) is 0 Å². The number of carboxylic acids is 2. The number of hydrogen-bond donors (Lipinski definition) is 14. The van der Waals surface area contributed by atoms with Crippen molar-refractivity contribution in [3.8, 4) is 0 Å². The third kappa shape index (κ3) is 7.71. The number of hydrogen-bond acceptors (Lipinski definition) is 19. The zero-order chi connectivity index (χ0) is 34.1. The summed E-state index contributed by atoms with van der Waals surface area (Å²) >= 11 is 0. The largest absolute Gasteiger partial charge is 0.477 e. The van der Waals surface area contributed by atoms with E-state index >= 15 is 0 Å². The van der Waals surface area contributed by atoms with Crippen LogP contribution in [0.4, 0.5) is 0 Å². The Bertz CT molecular complexity index is 1020. The topological polar surface area (TPSA) is 364 Å².